The third kappa shape index (κ3) is 5.35. The number of likely N-dealkylation sites (tertiary alicyclic amines) is 2. The van der Waals surface area contributed by atoms with E-state index in [-0.39, 0.29) is 41.5 Å². The predicted molar refractivity (Wildman–Crippen MR) is 136 cm³/mol. The molecule has 1 saturated carbocycles. The van der Waals surface area contributed by atoms with Crippen LogP contribution in [0.4, 0.5) is 4.79 Å². The van der Waals surface area contributed by atoms with Gasteiger partial charge in [0.05, 0.1) is 24.2 Å². The molecule has 6 atom stereocenters. The molecule has 0 aromatic rings. The topological polar surface area (TPSA) is 87.3 Å². The molecule has 8 nitrogen and oxygen atoms in total. The maximum Gasteiger partial charge on any atom is 0.410 e. The van der Waals surface area contributed by atoms with Crippen LogP contribution in [0, 0.1) is 11.8 Å². The molecule has 0 aromatic heterocycles. The van der Waals surface area contributed by atoms with Gasteiger partial charge in [0.15, 0.2) is 0 Å². The Bertz CT molecular complexity index is 837. The monoisotopic (exact) mass is 506 g/mol. The van der Waals surface area contributed by atoms with Crippen molar-refractivity contribution >= 4 is 6.09 Å². The number of epoxide rings is 2. The second kappa shape index (κ2) is 9.84. The summed E-state index contributed by atoms with van der Waals surface area (Å²) in [4.78, 5) is 17.3. The Kier molecular flexibility index (Phi) is 7.22. The lowest BCUT2D eigenvalue weighted by Crippen LogP contribution is -2.57. The second-order valence-corrected chi connectivity index (χ2v) is 12.7. The first-order valence-corrected chi connectivity index (χ1v) is 13.9. The fourth-order valence-electron chi connectivity index (χ4n) is 6.80. The van der Waals surface area contributed by atoms with Gasteiger partial charge < -0.3 is 33.9 Å². The lowest BCUT2D eigenvalue weighted by Gasteiger charge is -2.45. The molecule has 4 saturated heterocycles. The van der Waals surface area contributed by atoms with Crippen molar-refractivity contribution in [3.8, 4) is 0 Å². The Morgan fingerprint density at radius 2 is 1.86 bits per heavy atom. The number of aliphatic hydroxyl groups is 1. The van der Waals surface area contributed by atoms with E-state index in [9.17, 15) is 9.90 Å². The second-order valence-electron chi connectivity index (χ2n) is 12.7. The molecule has 4 heterocycles. The third-order valence-corrected chi connectivity index (χ3v) is 9.49. The number of hydrogen-bond donors (Lipinski definition) is 1. The fourth-order valence-corrected chi connectivity index (χ4v) is 6.80. The van der Waals surface area contributed by atoms with Crippen molar-refractivity contribution in [2.24, 2.45) is 11.8 Å². The largest absolute Gasteiger partial charge is 0.443 e. The Morgan fingerprint density at radius 1 is 1.17 bits per heavy atom. The SMILES string of the molecule is CO[C@H]1C([C@@]2(C)O[C@@H]2CC=C(C)C)[C@]2(CC[C@H]1OC(=O)N1CC(CCN3CCC(C)(O)CC3)C1)CO2. The van der Waals surface area contributed by atoms with Crippen LogP contribution in [0.15, 0.2) is 11.6 Å². The van der Waals surface area contributed by atoms with Gasteiger partial charge in [0.1, 0.15) is 23.4 Å². The highest BCUT2D eigenvalue weighted by Crippen LogP contribution is 2.59. The number of methoxy groups -OCH3 is 1. The van der Waals surface area contributed by atoms with Crippen LogP contribution in [0.1, 0.15) is 66.2 Å². The van der Waals surface area contributed by atoms with E-state index in [2.05, 4.69) is 31.7 Å². The van der Waals surface area contributed by atoms with Gasteiger partial charge in [-0.05, 0) is 78.7 Å². The van der Waals surface area contributed by atoms with Gasteiger partial charge in [0.2, 0.25) is 0 Å². The Morgan fingerprint density at radius 3 is 2.47 bits per heavy atom. The molecule has 4 aliphatic heterocycles. The first-order chi connectivity index (χ1) is 17.1. The molecule has 5 fully saturated rings. The highest BCUT2D eigenvalue weighted by molar-refractivity contribution is 5.69. The Hall–Kier alpha value is -1.19. The highest BCUT2D eigenvalue weighted by atomic mass is 16.6. The maximum absolute atomic E-state index is 13.0. The van der Waals surface area contributed by atoms with Gasteiger partial charge in [0.25, 0.3) is 0 Å². The lowest BCUT2D eigenvalue weighted by molar-refractivity contribution is -0.124. The quantitative estimate of drug-likeness (QED) is 0.399. The van der Waals surface area contributed by atoms with Gasteiger partial charge >= 0.3 is 6.09 Å². The first kappa shape index (κ1) is 26.4. The van der Waals surface area contributed by atoms with Crippen LogP contribution in [0.3, 0.4) is 0 Å². The van der Waals surface area contributed by atoms with E-state index in [1.165, 1.54) is 5.57 Å². The minimum atomic E-state index is -0.507. The van der Waals surface area contributed by atoms with Crippen molar-refractivity contribution in [3.63, 3.8) is 0 Å². The summed E-state index contributed by atoms with van der Waals surface area (Å²) in [6, 6.07) is 0. The van der Waals surface area contributed by atoms with E-state index in [0.29, 0.717) is 5.92 Å². The molecule has 0 bridgehead atoms. The van der Waals surface area contributed by atoms with Crippen molar-refractivity contribution in [3.05, 3.63) is 11.6 Å². The van der Waals surface area contributed by atoms with Gasteiger partial charge in [-0.2, -0.15) is 0 Å². The van der Waals surface area contributed by atoms with E-state index >= 15 is 0 Å². The molecule has 0 radical (unpaired) electrons. The summed E-state index contributed by atoms with van der Waals surface area (Å²) in [6.45, 7) is 13.5. The zero-order valence-corrected chi connectivity index (χ0v) is 22.8. The number of piperidine rings is 1. The standard InChI is InChI=1S/C28H46N2O6/c1-19(2)6-7-22-27(4,36-22)24-23(33-5)21(8-10-28(24)18-34-28)35-25(31)30-16-20(17-30)9-13-29-14-11-26(3,32)12-15-29/h6,20-24,32H,7-18H2,1-5H3/t21-,22-,23-,24?,27+,28+/m1/s1. The molecule has 1 N–H and O–H groups in total. The molecule has 1 unspecified atom stereocenters. The van der Waals surface area contributed by atoms with Gasteiger partial charge in [-0.15, -0.1) is 0 Å². The van der Waals surface area contributed by atoms with Gasteiger partial charge in [-0.25, -0.2) is 4.79 Å². The number of rotatable bonds is 8. The van der Waals surface area contributed by atoms with Crippen LogP contribution >= 0.6 is 0 Å². The lowest BCUT2D eigenvalue weighted by atomic mass is 9.68. The molecule has 8 heteroatoms. The van der Waals surface area contributed by atoms with E-state index in [1.54, 1.807) is 7.11 Å². The summed E-state index contributed by atoms with van der Waals surface area (Å²) in [7, 11) is 1.72. The number of ether oxygens (including phenoxy) is 4. The minimum Gasteiger partial charge on any atom is -0.443 e. The van der Waals surface area contributed by atoms with Crippen LogP contribution in [0.25, 0.3) is 0 Å². The van der Waals surface area contributed by atoms with E-state index in [1.807, 2.05) is 11.8 Å². The molecule has 5 rings (SSSR count). The average molecular weight is 507 g/mol. The molecule has 204 valence electrons. The van der Waals surface area contributed by atoms with Gasteiger partial charge in [0, 0.05) is 33.3 Å². The number of nitrogens with zero attached hydrogens (tertiary/aromatic N) is 2. The summed E-state index contributed by atoms with van der Waals surface area (Å²) >= 11 is 0. The predicted octanol–water partition coefficient (Wildman–Crippen LogP) is 3.37. The fraction of sp³-hybridized carbons (Fsp3) is 0.893. The molecular formula is C28H46N2O6. The number of hydrogen-bond acceptors (Lipinski definition) is 7. The zero-order chi connectivity index (χ0) is 25.7. The highest BCUT2D eigenvalue weighted by Gasteiger charge is 2.72. The van der Waals surface area contributed by atoms with Crippen molar-refractivity contribution in [1.82, 2.24) is 9.80 Å². The van der Waals surface area contributed by atoms with Crippen LogP contribution in [0.2, 0.25) is 0 Å². The Labute approximate surface area is 216 Å². The summed E-state index contributed by atoms with van der Waals surface area (Å²) < 4.78 is 24.4. The maximum atomic E-state index is 13.0. The summed E-state index contributed by atoms with van der Waals surface area (Å²) in [6.07, 6.45) is 6.91. The summed E-state index contributed by atoms with van der Waals surface area (Å²) in [5, 5.41) is 10.1. The van der Waals surface area contributed by atoms with E-state index in [0.717, 1.165) is 77.9 Å². The van der Waals surface area contributed by atoms with Crippen molar-refractivity contribution in [2.75, 3.05) is 46.4 Å². The third-order valence-electron chi connectivity index (χ3n) is 9.49. The zero-order valence-electron chi connectivity index (χ0n) is 22.8. The van der Waals surface area contributed by atoms with Crippen molar-refractivity contribution < 1.29 is 28.8 Å². The molecule has 5 aliphatic rings. The van der Waals surface area contributed by atoms with Crippen LogP contribution in [-0.4, -0.2) is 103 Å². The molecule has 1 spiro atoms. The van der Waals surface area contributed by atoms with Crippen LogP contribution in [-0.2, 0) is 18.9 Å². The molecule has 36 heavy (non-hydrogen) atoms. The first-order valence-electron chi connectivity index (χ1n) is 13.9. The normalized spacial score (nSPS) is 40.0. The Balaban J connectivity index is 1.11. The molecule has 1 amide bonds. The molecule has 0 aromatic carbocycles. The summed E-state index contributed by atoms with van der Waals surface area (Å²) in [5.74, 6) is 0.571. The van der Waals surface area contributed by atoms with Gasteiger partial charge in [-0.1, -0.05) is 11.6 Å². The van der Waals surface area contributed by atoms with Gasteiger partial charge in [-0.3, -0.25) is 0 Å². The number of amides is 1. The van der Waals surface area contributed by atoms with E-state index in [4.69, 9.17) is 18.9 Å². The average Bonchev–Trinajstić information content (AvgIpc) is 3.70. The molecular weight excluding hydrogens is 460 g/mol. The summed E-state index contributed by atoms with van der Waals surface area (Å²) in [5.41, 5.74) is 0.257. The van der Waals surface area contributed by atoms with Crippen molar-refractivity contribution in [1.29, 1.82) is 0 Å². The number of carbonyl (C=O) groups is 1. The molecule has 1 aliphatic carbocycles. The smallest absolute Gasteiger partial charge is 0.410 e. The van der Waals surface area contributed by atoms with Crippen molar-refractivity contribution in [2.45, 2.75) is 101 Å². The number of allylic oxidation sites excluding steroid dienone is 1. The minimum absolute atomic E-state index is 0.0478. The van der Waals surface area contributed by atoms with E-state index < -0.39 is 5.60 Å². The van der Waals surface area contributed by atoms with Crippen LogP contribution < -0.4 is 0 Å². The number of carbonyl (C=O) groups excluding carboxylic acids is 1. The van der Waals surface area contributed by atoms with Crippen LogP contribution in [0.5, 0.6) is 0 Å².